The minimum absolute atomic E-state index is 0.00803. The van der Waals surface area contributed by atoms with Crippen molar-refractivity contribution in [1.29, 1.82) is 0 Å². The molecule has 3 aromatic rings. The summed E-state index contributed by atoms with van der Waals surface area (Å²) in [5.41, 5.74) is 0.727. The van der Waals surface area contributed by atoms with Crippen LogP contribution in [0.2, 0.25) is 0 Å². The summed E-state index contributed by atoms with van der Waals surface area (Å²) in [4.78, 5) is 12.4. The zero-order valence-corrected chi connectivity index (χ0v) is 9.20. The molecule has 0 aromatic carbocycles. The molecule has 0 fully saturated rings. The summed E-state index contributed by atoms with van der Waals surface area (Å²) < 4.78 is 1.90. The highest BCUT2D eigenvalue weighted by Crippen LogP contribution is 2.13. The maximum absolute atomic E-state index is 11.2. The number of fused-ring (bicyclic) bond motifs is 1. The zero-order chi connectivity index (χ0) is 11.0. The molecule has 0 radical (unpaired) electrons. The van der Waals surface area contributed by atoms with E-state index >= 15 is 0 Å². The fourth-order valence-electron chi connectivity index (χ4n) is 1.66. The highest BCUT2D eigenvalue weighted by atomic mass is 32.1. The third kappa shape index (κ3) is 1.55. The molecule has 0 aliphatic heterocycles. The van der Waals surface area contributed by atoms with Crippen LogP contribution in [0.15, 0.2) is 40.6 Å². The maximum atomic E-state index is 11.2. The van der Waals surface area contributed by atoms with Crippen LogP contribution in [-0.2, 0) is 6.42 Å². The minimum Gasteiger partial charge on any atom is -0.290 e. The second-order valence-corrected chi connectivity index (χ2v) is 4.55. The van der Waals surface area contributed by atoms with Crippen molar-refractivity contribution >= 4 is 17.0 Å². The van der Waals surface area contributed by atoms with E-state index in [0.717, 1.165) is 17.9 Å². The van der Waals surface area contributed by atoms with Crippen LogP contribution in [0.3, 0.4) is 0 Å². The lowest BCUT2D eigenvalue weighted by Gasteiger charge is -1.96. The zero-order valence-electron chi connectivity index (χ0n) is 8.38. The molecule has 0 spiro atoms. The second kappa shape index (κ2) is 3.61. The summed E-state index contributed by atoms with van der Waals surface area (Å²) in [7, 11) is 0. The molecule has 0 atom stereocenters. The van der Waals surface area contributed by atoms with Gasteiger partial charge in [0.2, 0.25) is 0 Å². The van der Waals surface area contributed by atoms with Crippen molar-refractivity contribution in [3.63, 3.8) is 0 Å². The summed E-state index contributed by atoms with van der Waals surface area (Å²) in [5.74, 6) is 0.914. The molecule has 0 amide bonds. The van der Waals surface area contributed by atoms with Crippen LogP contribution in [0.5, 0.6) is 0 Å². The largest absolute Gasteiger partial charge is 0.290 e. The van der Waals surface area contributed by atoms with Gasteiger partial charge in [-0.25, -0.2) is 0 Å². The smallest absolute Gasteiger partial charge is 0.183 e. The van der Waals surface area contributed by atoms with E-state index in [2.05, 4.69) is 16.3 Å². The Hall–Kier alpha value is -1.88. The molecule has 80 valence electrons. The molecule has 5 heteroatoms. The average Bonchev–Trinajstić information content (AvgIpc) is 2.89. The molecule has 16 heavy (non-hydrogen) atoms. The van der Waals surface area contributed by atoms with Gasteiger partial charge in [0.25, 0.3) is 0 Å². The van der Waals surface area contributed by atoms with E-state index in [4.69, 9.17) is 0 Å². The Labute approximate surface area is 95.2 Å². The predicted molar refractivity (Wildman–Crippen MR) is 62.9 cm³/mol. The van der Waals surface area contributed by atoms with Crippen molar-refractivity contribution in [3.8, 4) is 0 Å². The van der Waals surface area contributed by atoms with Gasteiger partial charge in [0.05, 0.1) is 0 Å². The van der Waals surface area contributed by atoms with Gasteiger partial charge in [0, 0.05) is 29.6 Å². The van der Waals surface area contributed by atoms with Crippen LogP contribution in [0, 0.1) is 0 Å². The van der Waals surface area contributed by atoms with E-state index in [9.17, 15) is 4.79 Å². The Morgan fingerprint density at radius 1 is 1.44 bits per heavy atom. The third-order valence-corrected chi connectivity index (χ3v) is 3.29. The second-order valence-electron chi connectivity index (χ2n) is 3.51. The number of aromatic amines is 1. The van der Waals surface area contributed by atoms with E-state index in [1.165, 1.54) is 4.88 Å². The quantitative estimate of drug-likeness (QED) is 0.729. The minimum atomic E-state index is -0.00803. The Morgan fingerprint density at radius 2 is 2.38 bits per heavy atom. The molecule has 4 nitrogen and oxygen atoms in total. The Kier molecular flexibility index (Phi) is 2.11. The lowest BCUT2D eigenvalue weighted by atomic mass is 10.3. The van der Waals surface area contributed by atoms with Crippen LogP contribution in [-0.4, -0.2) is 14.6 Å². The first kappa shape index (κ1) is 9.35. The maximum Gasteiger partial charge on any atom is 0.183 e. The summed E-state index contributed by atoms with van der Waals surface area (Å²) in [6.45, 7) is 0. The van der Waals surface area contributed by atoms with E-state index in [1.807, 2.05) is 15.8 Å². The van der Waals surface area contributed by atoms with Crippen molar-refractivity contribution in [2.75, 3.05) is 0 Å². The molecule has 0 aliphatic carbocycles. The fourth-order valence-corrected chi connectivity index (χ4v) is 2.36. The summed E-state index contributed by atoms with van der Waals surface area (Å²) in [6.07, 6.45) is 2.53. The number of pyridine rings is 1. The van der Waals surface area contributed by atoms with Gasteiger partial charge in [-0.2, -0.15) is 5.10 Å². The number of nitrogens with zero attached hydrogens (tertiary/aromatic N) is 2. The number of H-pyrrole nitrogens is 1. The highest BCUT2D eigenvalue weighted by Gasteiger charge is 2.05. The van der Waals surface area contributed by atoms with Gasteiger partial charge < -0.3 is 0 Å². The standard InChI is InChI=1S/C11H9N3OS/c15-8-3-4-14-10(6-8)12-13-11(14)7-9-2-1-5-16-9/h1-6,12H,7H2. The third-order valence-electron chi connectivity index (χ3n) is 2.42. The summed E-state index contributed by atoms with van der Waals surface area (Å²) >= 11 is 1.70. The molecule has 3 rings (SSSR count). The molecule has 1 N–H and O–H groups in total. The highest BCUT2D eigenvalue weighted by molar-refractivity contribution is 7.09. The van der Waals surface area contributed by atoms with Crippen molar-refractivity contribution in [3.05, 3.63) is 56.8 Å². The van der Waals surface area contributed by atoms with Gasteiger partial charge in [-0.3, -0.25) is 14.3 Å². The fraction of sp³-hybridized carbons (Fsp3) is 0.0909. The number of aromatic nitrogens is 3. The van der Waals surface area contributed by atoms with Crippen molar-refractivity contribution in [1.82, 2.24) is 14.6 Å². The van der Waals surface area contributed by atoms with Gasteiger partial charge >= 0.3 is 0 Å². The monoisotopic (exact) mass is 231 g/mol. The van der Waals surface area contributed by atoms with Gasteiger partial charge in [-0.1, -0.05) is 6.07 Å². The summed E-state index contributed by atoms with van der Waals surface area (Å²) in [5, 5.41) is 9.12. The predicted octanol–water partition coefficient (Wildman–Crippen LogP) is 1.67. The van der Waals surface area contributed by atoms with Crippen LogP contribution in [0.4, 0.5) is 0 Å². The Balaban J connectivity index is 2.08. The molecule has 3 heterocycles. The molecule has 0 aliphatic rings. The Bertz CT molecular complexity index is 666. The first-order valence-corrected chi connectivity index (χ1v) is 5.79. The molecule has 0 bridgehead atoms. The number of hydrogen-bond acceptors (Lipinski definition) is 3. The lowest BCUT2D eigenvalue weighted by Crippen LogP contribution is -2.01. The summed E-state index contributed by atoms with van der Waals surface area (Å²) in [6, 6.07) is 7.19. The van der Waals surface area contributed by atoms with E-state index in [-0.39, 0.29) is 5.43 Å². The molecule has 3 aromatic heterocycles. The van der Waals surface area contributed by atoms with Crippen LogP contribution in [0.1, 0.15) is 10.7 Å². The molecular weight excluding hydrogens is 222 g/mol. The van der Waals surface area contributed by atoms with Gasteiger partial charge in [-0.15, -0.1) is 11.3 Å². The van der Waals surface area contributed by atoms with Crippen molar-refractivity contribution in [2.24, 2.45) is 0 Å². The molecule has 0 unspecified atom stereocenters. The van der Waals surface area contributed by atoms with Crippen LogP contribution in [0.25, 0.3) is 5.65 Å². The van der Waals surface area contributed by atoms with E-state index in [1.54, 1.807) is 29.7 Å². The number of hydrogen-bond donors (Lipinski definition) is 1. The van der Waals surface area contributed by atoms with Crippen molar-refractivity contribution < 1.29 is 0 Å². The van der Waals surface area contributed by atoms with Crippen LogP contribution < -0.4 is 5.43 Å². The van der Waals surface area contributed by atoms with E-state index in [0.29, 0.717) is 0 Å². The Morgan fingerprint density at radius 3 is 3.19 bits per heavy atom. The topological polar surface area (TPSA) is 50.2 Å². The lowest BCUT2D eigenvalue weighted by molar-refractivity contribution is 0.944. The van der Waals surface area contributed by atoms with Gasteiger partial charge in [0.15, 0.2) is 5.43 Å². The van der Waals surface area contributed by atoms with E-state index < -0.39 is 0 Å². The normalized spacial score (nSPS) is 11.0. The van der Waals surface area contributed by atoms with Gasteiger partial charge in [0.1, 0.15) is 11.5 Å². The SMILES string of the molecule is O=c1ccn2c(Cc3cccs3)n[nH]c2c1. The number of rotatable bonds is 2. The molecule has 0 saturated heterocycles. The van der Waals surface area contributed by atoms with Gasteiger partial charge in [-0.05, 0) is 11.4 Å². The molecule has 0 saturated carbocycles. The first-order chi connectivity index (χ1) is 7.83. The van der Waals surface area contributed by atoms with Crippen molar-refractivity contribution in [2.45, 2.75) is 6.42 Å². The first-order valence-electron chi connectivity index (χ1n) is 4.91. The number of nitrogens with one attached hydrogen (secondary N) is 1. The average molecular weight is 231 g/mol. The number of thiophene rings is 1. The van der Waals surface area contributed by atoms with Crippen LogP contribution >= 0.6 is 11.3 Å². The molecular formula is C11H9N3OS.